The van der Waals surface area contributed by atoms with E-state index >= 15 is 0 Å². The van der Waals surface area contributed by atoms with Crippen LogP contribution in [0.5, 0.6) is 0 Å². The van der Waals surface area contributed by atoms with Crippen molar-refractivity contribution in [1.82, 2.24) is 20.2 Å². The van der Waals surface area contributed by atoms with Gasteiger partial charge in [-0.2, -0.15) is 0 Å². The Hall–Kier alpha value is -2.77. The highest BCUT2D eigenvalue weighted by atomic mass is 16.5. The van der Waals surface area contributed by atoms with Gasteiger partial charge in [-0.25, -0.2) is 4.68 Å². The number of rotatable bonds is 5. The third kappa shape index (κ3) is 3.41. The van der Waals surface area contributed by atoms with Crippen molar-refractivity contribution in [2.24, 2.45) is 11.3 Å². The van der Waals surface area contributed by atoms with Crippen LogP contribution in [0.1, 0.15) is 12.0 Å². The maximum atomic E-state index is 10.0. The molecule has 3 heterocycles. The van der Waals surface area contributed by atoms with E-state index in [2.05, 4.69) is 69.0 Å². The van der Waals surface area contributed by atoms with Crippen molar-refractivity contribution in [3.63, 3.8) is 0 Å². The fraction of sp³-hybridized carbons (Fsp3) is 0.409. The van der Waals surface area contributed by atoms with Crippen LogP contribution in [0, 0.1) is 11.3 Å². The lowest BCUT2D eigenvalue weighted by Crippen LogP contribution is -2.43. The van der Waals surface area contributed by atoms with Gasteiger partial charge in [-0.05, 0) is 39.5 Å². The van der Waals surface area contributed by atoms with E-state index in [9.17, 15) is 5.11 Å². The summed E-state index contributed by atoms with van der Waals surface area (Å²) in [7, 11) is 0. The fourth-order valence-electron chi connectivity index (χ4n) is 4.61. The van der Waals surface area contributed by atoms with Gasteiger partial charge in [-0.1, -0.05) is 59.7 Å². The molecule has 0 saturated carbocycles. The highest BCUT2D eigenvalue weighted by Gasteiger charge is 2.49. The zero-order valence-electron chi connectivity index (χ0n) is 16.3. The molecule has 0 unspecified atom stereocenters. The van der Waals surface area contributed by atoms with Crippen LogP contribution in [0.2, 0.25) is 0 Å². The van der Waals surface area contributed by atoms with Crippen LogP contribution in [-0.4, -0.2) is 58.2 Å². The highest BCUT2D eigenvalue weighted by Crippen LogP contribution is 2.42. The van der Waals surface area contributed by atoms with E-state index in [1.165, 1.54) is 11.1 Å². The first-order valence-corrected chi connectivity index (χ1v) is 10.1. The zero-order valence-corrected chi connectivity index (χ0v) is 16.3. The Labute approximate surface area is 169 Å². The Balaban J connectivity index is 1.33. The first-order chi connectivity index (χ1) is 14.3. The second kappa shape index (κ2) is 7.57. The van der Waals surface area contributed by atoms with Gasteiger partial charge in [0.05, 0.1) is 19.8 Å². The van der Waals surface area contributed by atoms with Gasteiger partial charge in [0.1, 0.15) is 0 Å². The number of hydrogen-bond donors (Lipinski definition) is 1. The van der Waals surface area contributed by atoms with Crippen LogP contribution in [0.4, 0.5) is 5.95 Å². The van der Waals surface area contributed by atoms with Gasteiger partial charge in [0.2, 0.25) is 5.95 Å². The van der Waals surface area contributed by atoms with Crippen molar-refractivity contribution < 1.29 is 9.84 Å². The van der Waals surface area contributed by atoms with Gasteiger partial charge in [0.25, 0.3) is 0 Å². The number of benzene rings is 2. The Morgan fingerprint density at radius 2 is 1.86 bits per heavy atom. The third-order valence-corrected chi connectivity index (χ3v) is 6.32. The van der Waals surface area contributed by atoms with E-state index in [1.807, 2.05) is 10.7 Å². The molecule has 2 atom stereocenters. The number of nitrogens with zero attached hydrogens (tertiary/aromatic N) is 5. The van der Waals surface area contributed by atoms with Crippen molar-refractivity contribution in [3.8, 4) is 11.1 Å². The number of hydrogen-bond acceptors (Lipinski definition) is 6. The summed E-state index contributed by atoms with van der Waals surface area (Å²) in [4.78, 5) is 2.20. The van der Waals surface area contributed by atoms with Crippen LogP contribution < -0.4 is 4.90 Å². The first-order valence-electron chi connectivity index (χ1n) is 10.1. The Morgan fingerprint density at radius 1 is 1.07 bits per heavy atom. The van der Waals surface area contributed by atoms with Gasteiger partial charge >= 0.3 is 0 Å². The zero-order chi connectivity index (χ0) is 19.7. The van der Waals surface area contributed by atoms with E-state index in [4.69, 9.17) is 4.74 Å². The molecule has 7 heteroatoms. The smallest absolute Gasteiger partial charge is 0.245 e. The van der Waals surface area contributed by atoms with Gasteiger partial charge in [-0.15, -0.1) is 0 Å². The van der Waals surface area contributed by atoms with E-state index in [0.29, 0.717) is 19.1 Å². The van der Waals surface area contributed by atoms with Crippen LogP contribution in [0.25, 0.3) is 11.1 Å². The summed E-state index contributed by atoms with van der Waals surface area (Å²) in [5, 5.41) is 22.5. The minimum absolute atomic E-state index is 0.136. The molecular formula is C22H25N5O2. The first kappa shape index (κ1) is 18.3. The summed E-state index contributed by atoms with van der Waals surface area (Å²) in [5.74, 6) is 1.18. The van der Waals surface area contributed by atoms with Crippen molar-refractivity contribution >= 4 is 5.95 Å². The van der Waals surface area contributed by atoms with Crippen LogP contribution in [-0.2, 0) is 11.3 Å². The average molecular weight is 391 g/mol. The number of ether oxygens (including phenoxy) is 1. The minimum Gasteiger partial charge on any atom is -0.396 e. The Bertz CT molecular complexity index is 959. The van der Waals surface area contributed by atoms with Crippen molar-refractivity contribution in [3.05, 3.63) is 60.2 Å². The molecule has 29 heavy (non-hydrogen) atoms. The Kier molecular flexibility index (Phi) is 4.77. The molecule has 2 aliphatic rings. The van der Waals surface area contributed by atoms with Crippen LogP contribution in [0.3, 0.4) is 0 Å². The summed E-state index contributed by atoms with van der Waals surface area (Å²) in [5.41, 5.74) is 3.35. The molecule has 1 N–H and O–H groups in total. The second-order valence-electron chi connectivity index (χ2n) is 8.14. The molecule has 2 saturated heterocycles. The lowest BCUT2D eigenvalue weighted by Gasteiger charge is -2.36. The molecule has 2 fully saturated rings. The number of aromatic nitrogens is 4. The quantitative estimate of drug-likeness (QED) is 0.719. The number of anilines is 1. The minimum atomic E-state index is -0.202. The normalized spacial score (nSPS) is 23.9. The summed E-state index contributed by atoms with van der Waals surface area (Å²) >= 11 is 0. The van der Waals surface area contributed by atoms with Crippen molar-refractivity contribution in [2.45, 2.75) is 13.0 Å². The number of aliphatic hydroxyl groups is 1. The lowest BCUT2D eigenvalue weighted by molar-refractivity contribution is -0.0543. The molecule has 150 valence electrons. The van der Waals surface area contributed by atoms with Gasteiger partial charge in [-0.3, -0.25) is 0 Å². The van der Waals surface area contributed by atoms with E-state index in [0.717, 1.165) is 37.6 Å². The molecule has 0 spiro atoms. The number of aliphatic hydroxyl groups excluding tert-OH is 1. The summed E-state index contributed by atoms with van der Waals surface area (Å²) in [6, 6.07) is 18.9. The predicted octanol–water partition coefficient (Wildman–Crippen LogP) is 2.22. The molecule has 3 aromatic rings. The summed E-state index contributed by atoms with van der Waals surface area (Å²) < 4.78 is 7.52. The fourth-order valence-corrected chi connectivity index (χ4v) is 4.61. The largest absolute Gasteiger partial charge is 0.396 e. The Morgan fingerprint density at radius 3 is 2.62 bits per heavy atom. The molecule has 0 aliphatic carbocycles. The van der Waals surface area contributed by atoms with Gasteiger partial charge in [0.15, 0.2) is 0 Å². The van der Waals surface area contributed by atoms with Gasteiger partial charge in [0, 0.05) is 25.1 Å². The maximum absolute atomic E-state index is 10.0. The van der Waals surface area contributed by atoms with E-state index in [-0.39, 0.29) is 12.0 Å². The monoisotopic (exact) mass is 391 g/mol. The molecular weight excluding hydrogens is 366 g/mol. The maximum Gasteiger partial charge on any atom is 0.245 e. The molecule has 5 rings (SSSR count). The highest BCUT2D eigenvalue weighted by molar-refractivity contribution is 5.63. The van der Waals surface area contributed by atoms with Crippen LogP contribution >= 0.6 is 0 Å². The van der Waals surface area contributed by atoms with Crippen molar-refractivity contribution in [1.29, 1.82) is 0 Å². The lowest BCUT2D eigenvalue weighted by atomic mass is 9.76. The average Bonchev–Trinajstić information content (AvgIpc) is 3.39. The SMILES string of the molecule is OC[C@]12COCC[C@H]1CN(c1nnnn1Cc1ccc(-c3ccccc3)cc1)C2. The molecule has 0 amide bonds. The number of fused-ring (bicyclic) bond motifs is 1. The molecule has 2 aliphatic heterocycles. The molecule has 1 aromatic heterocycles. The van der Waals surface area contributed by atoms with Gasteiger partial charge < -0.3 is 14.7 Å². The van der Waals surface area contributed by atoms with E-state index < -0.39 is 0 Å². The predicted molar refractivity (Wildman–Crippen MR) is 109 cm³/mol. The summed E-state index contributed by atoms with van der Waals surface area (Å²) in [6.07, 6.45) is 0.972. The van der Waals surface area contributed by atoms with Crippen LogP contribution in [0.15, 0.2) is 54.6 Å². The van der Waals surface area contributed by atoms with Crippen molar-refractivity contribution in [2.75, 3.05) is 37.8 Å². The second-order valence-corrected chi connectivity index (χ2v) is 8.14. The standard InChI is InChI=1S/C22H25N5O2/c28-15-22-14-26(13-20(22)10-11-29-16-22)21-23-24-25-27(21)12-17-6-8-19(9-7-17)18-4-2-1-3-5-18/h1-9,20,28H,10-16H2/t20-,22+/m0/s1. The summed E-state index contributed by atoms with van der Waals surface area (Å²) in [6.45, 7) is 3.70. The molecule has 0 radical (unpaired) electrons. The number of tetrazole rings is 1. The third-order valence-electron chi connectivity index (χ3n) is 6.32. The van der Waals surface area contributed by atoms with E-state index in [1.54, 1.807) is 0 Å². The molecule has 0 bridgehead atoms. The molecule has 2 aromatic carbocycles. The topological polar surface area (TPSA) is 76.3 Å². The molecule has 7 nitrogen and oxygen atoms in total.